The minimum Gasteiger partial charge on any atom is -0.467 e. The van der Waals surface area contributed by atoms with Crippen LogP contribution in [-0.4, -0.2) is 24.9 Å². The topological polar surface area (TPSA) is 74.6 Å². The van der Waals surface area contributed by atoms with Crippen molar-refractivity contribution in [3.05, 3.63) is 82.8 Å². The molecule has 0 unspecified atom stereocenters. The van der Waals surface area contributed by atoms with Crippen molar-refractivity contribution in [3.8, 4) is 0 Å². The van der Waals surface area contributed by atoms with Crippen molar-refractivity contribution < 1.29 is 14.0 Å². The first-order chi connectivity index (χ1) is 16.0. The van der Waals surface area contributed by atoms with E-state index < -0.39 is 0 Å². The first-order valence-electron chi connectivity index (χ1n) is 11.3. The minimum atomic E-state index is -0.288. The number of hydrogen-bond acceptors (Lipinski definition) is 4. The van der Waals surface area contributed by atoms with Gasteiger partial charge in [-0.2, -0.15) is 0 Å². The molecule has 0 spiro atoms. The zero-order chi connectivity index (χ0) is 23.6. The fourth-order valence-electron chi connectivity index (χ4n) is 3.46. The van der Waals surface area contributed by atoms with Crippen LogP contribution < -0.4 is 15.5 Å². The average molecular weight is 468 g/mol. The number of hydrogen-bond donors (Lipinski definition) is 2. The Morgan fingerprint density at radius 1 is 1.00 bits per heavy atom. The van der Waals surface area contributed by atoms with Crippen LogP contribution in [0.4, 0.5) is 11.4 Å². The van der Waals surface area contributed by atoms with Crippen LogP contribution in [0.25, 0.3) is 0 Å². The predicted octanol–water partition coefficient (Wildman–Crippen LogP) is 6.13. The molecule has 2 aromatic carbocycles. The summed E-state index contributed by atoms with van der Waals surface area (Å²) in [7, 11) is 0. The Bertz CT molecular complexity index is 1070. The van der Waals surface area contributed by atoms with Crippen molar-refractivity contribution in [3.63, 3.8) is 0 Å². The van der Waals surface area contributed by atoms with Crippen molar-refractivity contribution in [2.75, 3.05) is 23.3 Å². The van der Waals surface area contributed by atoms with Gasteiger partial charge in [-0.3, -0.25) is 9.59 Å². The van der Waals surface area contributed by atoms with Gasteiger partial charge in [0.05, 0.1) is 24.1 Å². The van der Waals surface area contributed by atoms with Crippen LogP contribution in [0.5, 0.6) is 0 Å². The molecule has 0 aliphatic rings. The maximum Gasteiger partial charge on any atom is 0.255 e. The highest BCUT2D eigenvalue weighted by atomic mass is 35.5. The monoisotopic (exact) mass is 467 g/mol. The molecule has 0 aliphatic heterocycles. The standard InChI is InChI=1S/C26H30ClN3O3/c1-3-5-14-30(18-22-10-7-15-33-22)24-12-11-21(17-23(24)26(32)28-13-4-2)29-25(31)19-8-6-9-20(27)16-19/h6-12,15-17H,3-5,13-14,18H2,1-2H3,(H,28,32)(H,29,31). The number of nitrogens with zero attached hydrogens (tertiary/aromatic N) is 1. The highest BCUT2D eigenvalue weighted by molar-refractivity contribution is 6.31. The summed E-state index contributed by atoms with van der Waals surface area (Å²) in [6, 6.07) is 16.0. The molecule has 0 aliphatic carbocycles. The zero-order valence-electron chi connectivity index (χ0n) is 19.1. The largest absolute Gasteiger partial charge is 0.467 e. The van der Waals surface area contributed by atoms with Gasteiger partial charge < -0.3 is 20.0 Å². The summed E-state index contributed by atoms with van der Waals surface area (Å²) >= 11 is 6.02. The quantitative estimate of drug-likeness (QED) is 0.355. The minimum absolute atomic E-state index is 0.174. The second-order valence-electron chi connectivity index (χ2n) is 7.81. The molecular formula is C26H30ClN3O3. The predicted molar refractivity (Wildman–Crippen MR) is 133 cm³/mol. The molecule has 1 heterocycles. The number of anilines is 2. The third-order valence-electron chi connectivity index (χ3n) is 5.17. The summed E-state index contributed by atoms with van der Waals surface area (Å²) in [6.45, 7) is 6.04. The number of rotatable bonds is 11. The number of nitrogens with one attached hydrogen (secondary N) is 2. The van der Waals surface area contributed by atoms with E-state index in [4.69, 9.17) is 16.0 Å². The van der Waals surface area contributed by atoms with Crippen LogP contribution in [0.2, 0.25) is 5.02 Å². The molecule has 3 rings (SSSR count). The summed E-state index contributed by atoms with van der Waals surface area (Å²) < 4.78 is 5.56. The summed E-state index contributed by atoms with van der Waals surface area (Å²) in [6.07, 6.45) is 4.48. The van der Waals surface area contributed by atoms with E-state index in [0.717, 1.165) is 37.3 Å². The molecule has 0 atom stereocenters. The third-order valence-corrected chi connectivity index (χ3v) is 5.41. The number of furan rings is 1. The van der Waals surface area contributed by atoms with Gasteiger partial charge in [-0.1, -0.05) is 37.9 Å². The average Bonchev–Trinajstić information content (AvgIpc) is 3.33. The summed E-state index contributed by atoms with van der Waals surface area (Å²) in [4.78, 5) is 27.9. The highest BCUT2D eigenvalue weighted by Gasteiger charge is 2.19. The number of benzene rings is 2. The zero-order valence-corrected chi connectivity index (χ0v) is 19.8. The highest BCUT2D eigenvalue weighted by Crippen LogP contribution is 2.27. The molecule has 2 amide bonds. The van der Waals surface area contributed by atoms with Crippen molar-refractivity contribution in [2.24, 2.45) is 0 Å². The Labute approximate surface area is 199 Å². The first-order valence-corrected chi connectivity index (χ1v) is 11.7. The third kappa shape index (κ3) is 6.86. The number of unbranched alkanes of at least 4 members (excludes halogenated alkanes) is 1. The molecular weight excluding hydrogens is 438 g/mol. The van der Waals surface area contributed by atoms with Crippen molar-refractivity contribution >= 4 is 34.8 Å². The lowest BCUT2D eigenvalue weighted by Crippen LogP contribution is -2.30. The second kappa shape index (κ2) is 12.1. The smallest absolute Gasteiger partial charge is 0.255 e. The number of carbonyl (C=O) groups excluding carboxylic acids is 2. The van der Waals surface area contributed by atoms with Crippen LogP contribution in [0.1, 0.15) is 59.6 Å². The van der Waals surface area contributed by atoms with Gasteiger partial charge in [0.1, 0.15) is 5.76 Å². The fourth-order valence-corrected chi connectivity index (χ4v) is 3.65. The lowest BCUT2D eigenvalue weighted by atomic mass is 10.1. The second-order valence-corrected chi connectivity index (χ2v) is 8.24. The number of halogens is 1. The summed E-state index contributed by atoms with van der Waals surface area (Å²) in [5.41, 5.74) is 2.30. The van der Waals surface area contributed by atoms with E-state index in [0.29, 0.717) is 34.9 Å². The molecule has 6 nitrogen and oxygen atoms in total. The van der Waals surface area contributed by atoms with Crippen LogP contribution in [0.3, 0.4) is 0 Å². The van der Waals surface area contributed by atoms with Gasteiger partial charge in [-0.25, -0.2) is 0 Å². The van der Waals surface area contributed by atoms with Crippen LogP contribution >= 0.6 is 11.6 Å². The Balaban J connectivity index is 1.92. The van der Waals surface area contributed by atoms with Gasteiger partial charge in [0, 0.05) is 29.4 Å². The van der Waals surface area contributed by atoms with E-state index in [-0.39, 0.29) is 11.8 Å². The number of carbonyl (C=O) groups is 2. The Morgan fingerprint density at radius 3 is 2.55 bits per heavy atom. The van der Waals surface area contributed by atoms with E-state index in [1.54, 1.807) is 36.6 Å². The normalized spacial score (nSPS) is 10.6. The van der Waals surface area contributed by atoms with Crippen molar-refractivity contribution in [1.29, 1.82) is 0 Å². The molecule has 7 heteroatoms. The first kappa shape index (κ1) is 24.4. The Morgan fingerprint density at radius 2 is 1.85 bits per heavy atom. The van der Waals surface area contributed by atoms with Crippen molar-refractivity contribution in [2.45, 2.75) is 39.7 Å². The van der Waals surface area contributed by atoms with Crippen LogP contribution in [0.15, 0.2) is 65.3 Å². The molecule has 2 N–H and O–H groups in total. The molecule has 1 aromatic heterocycles. The molecule has 0 fully saturated rings. The van der Waals surface area contributed by atoms with E-state index in [1.165, 1.54) is 0 Å². The van der Waals surface area contributed by atoms with Gasteiger partial charge in [0.15, 0.2) is 0 Å². The van der Waals surface area contributed by atoms with Gasteiger partial charge in [0.2, 0.25) is 0 Å². The Kier molecular flexibility index (Phi) is 8.95. The van der Waals surface area contributed by atoms with Gasteiger partial charge in [-0.05, 0) is 61.4 Å². The van der Waals surface area contributed by atoms with Gasteiger partial charge >= 0.3 is 0 Å². The summed E-state index contributed by atoms with van der Waals surface area (Å²) in [5.74, 6) is 0.361. The molecule has 174 valence electrons. The number of amides is 2. The van der Waals surface area contributed by atoms with Crippen LogP contribution in [0, 0.1) is 0 Å². The Hall–Kier alpha value is -3.25. The van der Waals surface area contributed by atoms with E-state index in [1.807, 2.05) is 31.2 Å². The van der Waals surface area contributed by atoms with Crippen molar-refractivity contribution in [1.82, 2.24) is 5.32 Å². The van der Waals surface area contributed by atoms with E-state index >= 15 is 0 Å². The van der Waals surface area contributed by atoms with Gasteiger partial charge in [0.25, 0.3) is 11.8 Å². The van der Waals surface area contributed by atoms with E-state index in [2.05, 4.69) is 22.5 Å². The summed E-state index contributed by atoms with van der Waals surface area (Å²) in [5, 5.41) is 6.32. The molecule has 0 bridgehead atoms. The molecule has 0 saturated carbocycles. The molecule has 0 saturated heterocycles. The maximum atomic E-state index is 13.1. The molecule has 0 radical (unpaired) electrons. The van der Waals surface area contributed by atoms with E-state index in [9.17, 15) is 9.59 Å². The lowest BCUT2D eigenvalue weighted by Gasteiger charge is -2.26. The fraction of sp³-hybridized carbons (Fsp3) is 0.308. The maximum absolute atomic E-state index is 13.1. The molecule has 3 aromatic rings. The SMILES string of the molecule is CCCCN(Cc1ccco1)c1ccc(NC(=O)c2cccc(Cl)c2)cc1C(=O)NCCC. The molecule has 33 heavy (non-hydrogen) atoms. The van der Waals surface area contributed by atoms with Crippen LogP contribution in [-0.2, 0) is 6.54 Å². The lowest BCUT2D eigenvalue weighted by molar-refractivity contribution is 0.0952. The van der Waals surface area contributed by atoms with Gasteiger partial charge in [-0.15, -0.1) is 0 Å².